The molecule has 0 fully saturated rings. The zero-order valence-corrected chi connectivity index (χ0v) is 16.3. The Kier molecular flexibility index (Phi) is 6.77. The van der Waals surface area contributed by atoms with Crippen molar-refractivity contribution in [2.75, 3.05) is 13.7 Å². The van der Waals surface area contributed by atoms with Gasteiger partial charge in [-0.3, -0.25) is 4.98 Å². The van der Waals surface area contributed by atoms with E-state index in [0.29, 0.717) is 23.7 Å². The number of alkyl halides is 3. The number of aryl methyl sites for hydroxylation is 2. The molecule has 1 aliphatic rings. The van der Waals surface area contributed by atoms with Crippen LogP contribution in [0.2, 0.25) is 0 Å². The van der Waals surface area contributed by atoms with Crippen LogP contribution in [0, 0.1) is 0 Å². The van der Waals surface area contributed by atoms with Crippen LogP contribution in [-0.2, 0) is 17.6 Å². The smallest absolute Gasteiger partial charge is 0.392 e. The molecule has 0 bridgehead atoms. The Morgan fingerprint density at radius 1 is 1.28 bits per heavy atom. The van der Waals surface area contributed by atoms with Crippen molar-refractivity contribution in [3.63, 3.8) is 0 Å². The summed E-state index contributed by atoms with van der Waals surface area (Å²) in [5.74, 6) is 0.439. The van der Waals surface area contributed by atoms with Crippen molar-refractivity contribution in [2.45, 2.75) is 50.6 Å². The van der Waals surface area contributed by atoms with Crippen LogP contribution >= 0.6 is 0 Å². The second kappa shape index (κ2) is 9.29. The van der Waals surface area contributed by atoms with E-state index in [1.54, 1.807) is 24.5 Å². The fourth-order valence-electron chi connectivity index (χ4n) is 3.83. The van der Waals surface area contributed by atoms with E-state index in [1.165, 1.54) is 12.7 Å². The first-order chi connectivity index (χ1) is 13.9. The molecule has 0 saturated carbocycles. The second-order valence-electron chi connectivity index (χ2n) is 7.23. The number of fused-ring (bicyclic) bond motifs is 1. The molecule has 3 rings (SSSR count). The largest absolute Gasteiger partial charge is 0.493 e. The minimum Gasteiger partial charge on any atom is -0.493 e. The van der Waals surface area contributed by atoms with Gasteiger partial charge in [-0.1, -0.05) is 6.07 Å². The summed E-state index contributed by atoms with van der Waals surface area (Å²) < 4.78 is 47.0. The third-order valence-corrected chi connectivity index (χ3v) is 5.28. The molecular formula is C22H24F3NO3. The average Bonchev–Trinajstić information content (AvgIpc) is 2.70. The lowest BCUT2D eigenvalue weighted by Gasteiger charge is -2.26. The molecule has 7 heteroatoms. The highest BCUT2D eigenvalue weighted by Gasteiger charge is 2.27. The summed E-state index contributed by atoms with van der Waals surface area (Å²) in [6.45, 7) is -0.372. The van der Waals surface area contributed by atoms with Crippen molar-refractivity contribution in [3.8, 4) is 5.75 Å². The molecule has 0 amide bonds. The summed E-state index contributed by atoms with van der Waals surface area (Å²) in [4.78, 5) is 16.1. The molecule has 29 heavy (non-hydrogen) atoms. The lowest BCUT2D eigenvalue weighted by molar-refractivity contribution is -0.139. The zero-order valence-electron chi connectivity index (χ0n) is 16.3. The van der Waals surface area contributed by atoms with E-state index in [2.05, 4.69) is 4.98 Å². The third-order valence-electron chi connectivity index (χ3n) is 5.28. The monoisotopic (exact) mass is 407 g/mol. The first-order valence-corrected chi connectivity index (χ1v) is 9.71. The number of ether oxygens (including phenoxy) is 2. The molecule has 0 saturated heterocycles. The van der Waals surface area contributed by atoms with Crippen molar-refractivity contribution < 1.29 is 27.4 Å². The maximum Gasteiger partial charge on any atom is 0.392 e. The summed E-state index contributed by atoms with van der Waals surface area (Å²) in [5, 5.41) is 0. The fourth-order valence-corrected chi connectivity index (χ4v) is 3.83. The number of esters is 1. The highest BCUT2D eigenvalue weighted by molar-refractivity contribution is 5.90. The summed E-state index contributed by atoms with van der Waals surface area (Å²) in [6.07, 6.45) is 2.61. The molecule has 0 N–H and O–H groups in total. The normalized spacial score (nSPS) is 16.2. The quantitative estimate of drug-likeness (QED) is 0.588. The SMILES string of the molecule is COC(=O)c1ccncc1CCC1CCCc2cc(OCCC(F)(F)F)ccc21. The predicted octanol–water partition coefficient (Wildman–Crippen LogP) is 5.25. The van der Waals surface area contributed by atoms with Gasteiger partial charge >= 0.3 is 12.1 Å². The fraction of sp³-hybridized carbons (Fsp3) is 0.455. The Labute approximate surface area is 168 Å². The maximum atomic E-state index is 12.3. The predicted molar refractivity (Wildman–Crippen MR) is 102 cm³/mol. The molecule has 4 nitrogen and oxygen atoms in total. The number of pyridine rings is 1. The summed E-state index contributed by atoms with van der Waals surface area (Å²) in [6, 6.07) is 7.24. The van der Waals surface area contributed by atoms with Crippen LogP contribution < -0.4 is 4.74 Å². The zero-order chi connectivity index (χ0) is 20.9. The van der Waals surface area contributed by atoms with Gasteiger partial charge in [0.1, 0.15) is 5.75 Å². The minimum absolute atomic E-state index is 0.327. The van der Waals surface area contributed by atoms with Gasteiger partial charge in [0.05, 0.1) is 25.7 Å². The van der Waals surface area contributed by atoms with E-state index in [4.69, 9.17) is 9.47 Å². The van der Waals surface area contributed by atoms with Gasteiger partial charge in [0.15, 0.2) is 0 Å². The molecule has 1 aliphatic carbocycles. The second-order valence-corrected chi connectivity index (χ2v) is 7.23. The summed E-state index contributed by atoms with van der Waals surface area (Å²) >= 11 is 0. The van der Waals surface area contributed by atoms with Gasteiger partial charge < -0.3 is 9.47 Å². The van der Waals surface area contributed by atoms with Crippen LogP contribution in [0.15, 0.2) is 36.7 Å². The number of rotatable bonds is 7. The van der Waals surface area contributed by atoms with Crippen LogP contribution in [0.5, 0.6) is 5.75 Å². The van der Waals surface area contributed by atoms with E-state index < -0.39 is 12.6 Å². The molecule has 1 aromatic carbocycles. The number of aromatic nitrogens is 1. The lowest BCUT2D eigenvalue weighted by atomic mass is 9.79. The van der Waals surface area contributed by atoms with Crippen LogP contribution in [0.4, 0.5) is 13.2 Å². The Morgan fingerprint density at radius 3 is 2.86 bits per heavy atom. The molecule has 2 aromatic rings. The summed E-state index contributed by atoms with van der Waals surface area (Å²) in [7, 11) is 1.36. The number of methoxy groups -OCH3 is 1. The molecule has 1 heterocycles. The number of hydrogen-bond acceptors (Lipinski definition) is 4. The van der Waals surface area contributed by atoms with E-state index in [-0.39, 0.29) is 12.6 Å². The molecular weight excluding hydrogens is 383 g/mol. The van der Waals surface area contributed by atoms with Gasteiger partial charge in [-0.2, -0.15) is 13.2 Å². The van der Waals surface area contributed by atoms with Gasteiger partial charge in [0.2, 0.25) is 0 Å². The topological polar surface area (TPSA) is 48.4 Å². The highest BCUT2D eigenvalue weighted by Crippen LogP contribution is 2.37. The van der Waals surface area contributed by atoms with Crippen LogP contribution in [0.3, 0.4) is 0 Å². The van der Waals surface area contributed by atoms with Crippen LogP contribution in [0.25, 0.3) is 0 Å². The van der Waals surface area contributed by atoms with Crippen molar-refractivity contribution in [1.82, 2.24) is 4.98 Å². The van der Waals surface area contributed by atoms with Crippen molar-refractivity contribution >= 4 is 5.97 Å². The number of carbonyl (C=O) groups is 1. The Hall–Kier alpha value is -2.57. The van der Waals surface area contributed by atoms with Gasteiger partial charge in [-0.25, -0.2) is 4.79 Å². The molecule has 156 valence electrons. The Bertz CT molecular complexity index is 851. The van der Waals surface area contributed by atoms with Crippen molar-refractivity contribution in [1.29, 1.82) is 0 Å². The van der Waals surface area contributed by atoms with Crippen molar-refractivity contribution in [3.05, 3.63) is 58.9 Å². The molecule has 0 spiro atoms. The van der Waals surface area contributed by atoms with E-state index in [1.807, 2.05) is 12.1 Å². The minimum atomic E-state index is -4.21. The highest BCUT2D eigenvalue weighted by atomic mass is 19.4. The van der Waals surface area contributed by atoms with Gasteiger partial charge in [-0.05, 0) is 72.9 Å². The Morgan fingerprint density at radius 2 is 2.10 bits per heavy atom. The number of carbonyl (C=O) groups excluding carboxylic acids is 1. The van der Waals surface area contributed by atoms with Crippen LogP contribution in [-0.4, -0.2) is 30.8 Å². The average molecular weight is 407 g/mol. The van der Waals surface area contributed by atoms with E-state index in [9.17, 15) is 18.0 Å². The van der Waals surface area contributed by atoms with Gasteiger partial charge in [-0.15, -0.1) is 0 Å². The molecule has 1 atom stereocenters. The number of nitrogens with zero attached hydrogens (tertiary/aromatic N) is 1. The van der Waals surface area contributed by atoms with Gasteiger partial charge in [0.25, 0.3) is 0 Å². The van der Waals surface area contributed by atoms with Crippen LogP contribution in [0.1, 0.15) is 58.6 Å². The first kappa shape index (κ1) is 21.1. The Balaban J connectivity index is 1.66. The van der Waals surface area contributed by atoms with Crippen molar-refractivity contribution in [2.24, 2.45) is 0 Å². The standard InChI is InChI=1S/C22H24F3NO3/c1-28-21(27)20-9-11-26-14-17(20)6-5-15-3-2-4-16-13-18(7-8-19(15)16)29-12-10-22(23,24)25/h7-9,11,13-15H,2-6,10,12H2,1H3. The number of hydrogen-bond donors (Lipinski definition) is 0. The molecule has 1 aromatic heterocycles. The number of benzene rings is 1. The number of halogens is 3. The molecule has 0 radical (unpaired) electrons. The molecule has 1 unspecified atom stereocenters. The maximum absolute atomic E-state index is 12.3. The van der Waals surface area contributed by atoms with E-state index >= 15 is 0 Å². The third kappa shape index (κ3) is 5.71. The first-order valence-electron chi connectivity index (χ1n) is 9.71. The lowest BCUT2D eigenvalue weighted by Crippen LogP contribution is -2.14. The molecule has 0 aliphatic heterocycles. The summed E-state index contributed by atoms with van der Waals surface area (Å²) in [5.41, 5.74) is 3.73. The van der Waals surface area contributed by atoms with E-state index in [0.717, 1.165) is 36.8 Å². The van der Waals surface area contributed by atoms with Gasteiger partial charge in [0, 0.05) is 12.4 Å².